The Kier molecular flexibility index (Phi) is 5.50. The van der Waals surface area contributed by atoms with E-state index in [1.54, 1.807) is 0 Å². The Labute approximate surface area is 144 Å². The number of aromatic nitrogens is 2. The van der Waals surface area contributed by atoms with Crippen molar-refractivity contribution in [2.75, 3.05) is 45.8 Å². The number of piperidine rings is 1. The fraction of sp³-hybridized carbons (Fsp3) is 0.824. The van der Waals surface area contributed by atoms with Crippen LogP contribution in [0.5, 0.6) is 0 Å². The molecule has 0 aliphatic carbocycles. The number of piperazine rings is 1. The van der Waals surface area contributed by atoms with Crippen LogP contribution in [0.15, 0.2) is 4.52 Å². The molecule has 0 saturated carbocycles. The van der Waals surface area contributed by atoms with Gasteiger partial charge in [-0.1, -0.05) is 12.1 Å². The van der Waals surface area contributed by atoms with Crippen LogP contribution in [0.1, 0.15) is 44.3 Å². The molecule has 2 aliphatic heterocycles. The zero-order valence-electron chi connectivity index (χ0n) is 15.1. The lowest BCUT2D eigenvalue weighted by molar-refractivity contribution is -0.138. The summed E-state index contributed by atoms with van der Waals surface area (Å²) in [5.74, 6) is 1.90. The highest BCUT2D eigenvalue weighted by Gasteiger charge is 2.33. The van der Waals surface area contributed by atoms with E-state index in [1.165, 1.54) is 0 Å². The third-order valence-corrected chi connectivity index (χ3v) is 5.38. The van der Waals surface area contributed by atoms with Crippen molar-refractivity contribution in [3.63, 3.8) is 0 Å². The van der Waals surface area contributed by atoms with Crippen LogP contribution in [0, 0.1) is 6.92 Å². The number of hydrogen-bond acceptors (Lipinski definition) is 6. The molecule has 3 heterocycles. The molecule has 2 fully saturated rings. The molecule has 1 amide bonds. The number of likely N-dealkylation sites (tertiary alicyclic amines) is 1. The van der Waals surface area contributed by atoms with Gasteiger partial charge >= 0.3 is 0 Å². The van der Waals surface area contributed by atoms with E-state index in [1.807, 2.05) is 18.7 Å². The standard InChI is InChI=1S/C17H29N5O2/c1-4-20-8-10-21(11-9-20)17(23)13(2)22-7-5-6-15(12-22)16-18-14(3)19-24-16/h13,15H,4-12H2,1-3H3. The molecule has 0 radical (unpaired) electrons. The molecule has 1 aromatic rings. The van der Waals surface area contributed by atoms with Crippen molar-refractivity contribution in [1.82, 2.24) is 24.8 Å². The molecular formula is C17H29N5O2. The number of likely N-dealkylation sites (N-methyl/N-ethyl adjacent to an activating group) is 1. The van der Waals surface area contributed by atoms with Gasteiger partial charge in [0.15, 0.2) is 5.82 Å². The van der Waals surface area contributed by atoms with Gasteiger partial charge in [0.1, 0.15) is 0 Å². The Morgan fingerprint density at radius 2 is 2.04 bits per heavy atom. The molecule has 7 heteroatoms. The number of aryl methyl sites for hydroxylation is 1. The van der Waals surface area contributed by atoms with Crippen molar-refractivity contribution < 1.29 is 9.32 Å². The second-order valence-corrected chi connectivity index (χ2v) is 6.95. The fourth-order valence-electron chi connectivity index (χ4n) is 3.74. The SMILES string of the molecule is CCN1CCN(C(=O)C(C)N2CCCC(c3nc(C)no3)C2)CC1. The highest BCUT2D eigenvalue weighted by molar-refractivity contribution is 5.81. The first kappa shape index (κ1) is 17.4. The van der Waals surface area contributed by atoms with Crippen molar-refractivity contribution in [2.45, 2.75) is 45.6 Å². The molecule has 0 spiro atoms. The maximum atomic E-state index is 12.9. The number of rotatable bonds is 4. The van der Waals surface area contributed by atoms with E-state index in [4.69, 9.17) is 4.52 Å². The largest absolute Gasteiger partial charge is 0.339 e. The minimum absolute atomic E-state index is 0.0787. The smallest absolute Gasteiger partial charge is 0.239 e. The Morgan fingerprint density at radius 1 is 1.29 bits per heavy atom. The van der Waals surface area contributed by atoms with Crippen LogP contribution >= 0.6 is 0 Å². The number of carbonyl (C=O) groups is 1. The van der Waals surface area contributed by atoms with Gasteiger partial charge < -0.3 is 14.3 Å². The summed E-state index contributed by atoms with van der Waals surface area (Å²) in [7, 11) is 0. The molecule has 7 nitrogen and oxygen atoms in total. The first-order chi connectivity index (χ1) is 11.6. The van der Waals surface area contributed by atoms with Crippen LogP contribution < -0.4 is 0 Å². The lowest BCUT2D eigenvalue weighted by Crippen LogP contribution is -2.55. The molecule has 2 aliphatic rings. The lowest BCUT2D eigenvalue weighted by Gasteiger charge is -2.39. The van der Waals surface area contributed by atoms with Gasteiger partial charge in [-0.3, -0.25) is 9.69 Å². The summed E-state index contributed by atoms with van der Waals surface area (Å²) in [6, 6.07) is -0.0787. The quantitative estimate of drug-likeness (QED) is 0.821. The molecule has 3 rings (SSSR count). The summed E-state index contributed by atoms with van der Waals surface area (Å²) < 4.78 is 5.34. The molecule has 2 unspecified atom stereocenters. The number of nitrogens with zero attached hydrogens (tertiary/aromatic N) is 5. The topological polar surface area (TPSA) is 65.7 Å². The van der Waals surface area contributed by atoms with Gasteiger partial charge in [0.2, 0.25) is 11.8 Å². The van der Waals surface area contributed by atoms with E-state index in [0.29, 0.717) is 11.7 Å². The van der Waals surface area contributed by atoms with Crippen molar-refractivity contribution in [3.05, 3.63) is 11.7 Å². The van der Waals surface area contributed by atoms with Gasteiger partial charge in [0.25, 0.3) is 0 Å². The first-order valence-electron chi connectivity index (χ1n) is 9.14. The Balaban J connectivity index is 1.57. The molecule has 24 heavy (non-hydrogen) atoms. The second kappa shape index (κ2) is 7.61. The summed E-state index contributed by atoms with van der Waals surface area (Å²) in [6.07, 6.45) is 2.11. The van der Waals surface area contributed by atoms with Crippen LogP contribution in [0.2, 0.25) is 0 Å². The van der Waals surface area contributed by atoms with Crippen LogP contribution in [0.4, 0.5) is 0 Å². The summed E-state index contributed by atoms with van der Waals surface area (Å²) in [5, 5.41) is 3.90. The average molecular weight is 335 g/mol. The van der Waals surface area contributed by atoms with E-state index in [9.17, 15) is 4.79 Å². The molecule has 1 aromatic heterocycles. The molecule has 2 saturated heterocycles. The summed E-state index contributed by atoms with van der Waals surface area (Å²) in [6.45, 7) is 12.6. The average Bonchev–Trinajstić information content (AvgIpc) is 3.07. The third-order valence-electron chi connectivity index (χ3n) is 5.38. The van der Waals surface area contributed by atoms with E-state index in [2.05, 4.69) is 26.9 Å². The zero-order chi connectivity index (χ0) is 17.1. The predicted octanol–water partition coefficient (Wildman–Crippen LogP) is 1.11. The van der Waals surface area contributed by atoms with Crippen LogP contribution in [0.3, 0.4) is 0 Å². The van der Waals surface area contributed by atoms with E-state index in [0.717, 1.165) is 58.7 Å². The van der Waals surface area contributed by atoms with Gasteiger partial charge in [0.05, 0.1) is 12.0 Å². The monoisotopic (exact) mass is 335 g/mol. The molecule has 134 valence electrons. The Hall–Kier alpha value is -1.47. The van der Waals surface area contributed by atoms with Crippen LogP contribution in [-0.2, 0) is 4.79 Å². The summed E-state index contributed by atoms with van der Waals surface area (Å²) in [4.78, 5) is 23.9. The van der Waals surface area contributed by atoms with Gasteiger partial charge in [-0.15, -0.1) is 0 Å². The molecule has 0 bridgehead atoms. The Morgan fingerprint density at radius 3 is 2.67 bits per heavy atom. The number of hydrogen-bond donors (Lipinski definition) is 0. The fourth-order valence-corrected chi connectivity index (χ4v) is 3.74. The molecular weight excluding hydrogens is 306 g/mol. The molecule has 0 aromatic carbocycles. The lowest BCUT2D eigenvalue weighted by atomic mass is 9.96. The maximum absolute atomic E-state index is 12.9. The van der Waals surface area contributed by atoms with E-state index >= 15 is 0 Å². The number of amides is 1. The number of carbonyl (C=O) groups excluding carboxylic acids is 1. The maximum Gasteiger partial charge on any atom is 0.239 e. The van der Waals surface area contributed by atoms with Gasteiger partial charge in [-0.05, 0) is 39.8 Å². The van der Waals surface area contributed by atoms with Crippen LogP contribution in [-0.4, -0.2) is 82.6 Å². The van der Waals surface area contributed by atoms with Crippen molar-refractivity contribution in [1.29, 1.82) is 0 Å². The Bertz CT molecular complexity index is 553. The second-order valence-electron chi connectivity index (χ2n) is 6.95. The minimum Gasteiger partial charge on any atom is -0.339 e. The normalized spacial score (nSPS) is 25.0. The summed E-state index contributed by atoms with van der Waals surface area (Å²) >= 11 is 0. The van der Waals surface area contributed by atoms with E-state index in [-0.39, 0.29) is 17.9 Å². The minimum atomic E-state index is -0.0787. The highest BCUT2D eigenvalue weighted by Crippen LogP contribution is 2.27. The summed E-state index contributed by atoms with van der Waals surface area (Å²) in [5.41, 5.74) is 0. The highest BCUT2D eigenvalue weighted by atomic mass is 16.5. The molecule has 0 N–H and O–H groups in total. The van der Waals surface area contributed by atoms with Crippen molar-refractivity contribution in [3.8, 4) is 0 Å². The van der Waals surface area contributed by atoms with Gasteiger partial charge in [-0.2, -0.15) is 4.98 Å². The van der Waals surface area contributed by atoms with E-state index < -0.39 is 0 Å². The third kappa shape index (κ3) is 3.78. The van der Waals surface area contributed by atoms with Gasteiger partial charge in [-0.25, -0.2) is 0 Å². The first-order valence-corrected chi connectivity index (χ1v) is 9.14. The van der Waals surface area contributed by atoms with Crippen molar-refractivity contribution >= 4 is 5.91 Å². The predicted molar refractivity (Wildman–Crippen MR) is 90.7 cm³/mol. The van der Waals surface area contributed by atoms with Crippen LogP contribution in [0.25, 0.3) is 0 Å². The van der Waals surface area contributed by atoms with Gasteiger partial charge in [0, 0.05) is 32.7 Å². The molecule has 2 atom stereocenters. The van der Waals surface area contributed by atoms with Crippen molar-refractivity contribution in [2.24, 2.45) is 0 Å². The zero-order valence-corrected chi connectivity index (χ0v) is 15.1.